The summed E-state index contributed by atoms with van der Waals surface area (Å²) in [5.74, 6) is 1.86. The minimum absolute atomic E-state index is 0.257. The van der Waals surface area contributed by atoms with Crippen LogP contribution in [0.5, 0.6) is 0 Å². The van der Waals surface area contributed by atoms with Crippen LogP contribution in [0.4, 0.5) is 11.6 Å². The lowest BCUT2D eigenvalue weighted by Gasteiger charge is -2.29. The van der Waals surface area contributed by atoms with E-state index in [0.717, 1.165) is 30.2 Å². The zero-order chi connectivity index (χ0) is 12.4. The highest BCUT2D eigenvalue weighted by Gasteiger charge is 2.29. The standard InChI is InChI=1S/C12H20N4O/c1-8-11(13-3)14-7-15-12(8)16(4)10-5-6-17-9(10)2/h7,9-10H,5-6H2,1-4H3,(H,13,14,15). The van der Waals surface area contributed by atoms with E-state index in [1.807, 2.05) is 14.0 Å². The van der Waals surface area contributed by atoms with Gasteiger partial charge in [0.1, 0.15) is 18.0 Å². The van der Waals surface area contributed by atoms with Gasteiger partial charge in [-0.25, -0.2) is 9.97 Å². The topological polar surface area (TPSA) is 50.3 Å². The van der Waals surface area contributed by atoms with Gasteiger partial charge in [-0.15, -0.1) is 0 Å². The van der Waals surface area contributed by atoms with Crippen molar-refractivity contribution in [1.29, 1.82) is 0 Å². The first-order chi connectivity index (χ1) is 8.15. The van der Waals surface area contributed by atoms with E-state index in [9.17, 15) is 0 Å². The van der Waals surface area contributed by atoms with Gasteiger partial charge in [-0.3, -0.25) is 0 Å². The number of aromatic nitrogens is 2. The van der Waals surface area contributed by atoms with E-state index in [0.29, 0.717) is 6.04 Å². The van der Waals surface area contributed by atoms with Gasteiger partial charge in [-0.2, -0.15) is 0 Å². The Bertz CT molecular complexity index is 396. The van der Waals surface area contributed by atoms with Crippen LogP contribution < -0.4 is 10.2 Å². The Morgan fingerprint density at radius 3 is 2.82 bits per heavy atom. The molecule has 0 aromatic carbocycles. The summed E-state index contributed by atoms with van der Waals surface area (Å²) in [6.07, 6.45) is 2.91. The number of nitrogens with one attached hydrogen (secondary N) is 1. The van der Waals surface area contributed by atoms with Gasteiger partial charge >= 0.3 is 0 Å². The molecule has 5 heteroatoms. The monoisotopic (exact) mass is 236 g/mol. The zero-order valence-corrected chi connectivity index (χ0v) is 10.9. The van der Waals surface area contributed by atoms with Crippen molar-refractivity contribution in [2.24, 2.45) is 0 Å². The summed E-state index contributed by atoms with van der Waals surface area (Å²) in [5, 5.41) is 3.08. The first-order valence-electron chi connectivity index (χ1n) is 5.99. The highest BCUT2D eigenvalue weighted by atomic mass is 16.5. The van der Waals surface area contributed by atoms with Gasteiger partial charge in [-0.05, 0) is 20.3 Å². The smallest absolute Gasteiger partial charge is 0.137 e. The van der Waals surface area contributed by atoms with Crippen molar-refractivity contribution in [3.8, 4) is 0 Å². The summed E-state index contributed by atoms with van der Waals surface area (Å²) in [6, 6.07) is 0.397. The summed E-state index contributed by atoms with van der Waals surface area (Å²) in [4.78, 5) is 10.8. The number of likely N-dealkylation sites (N-methyl/N-ethyl adjacent to an activating group) is 1. The average molecular weight is 236 g/mol. The third kappa shape index (κ3) is 2.20. The van der Waals surface area contributed by atoms with Gasteiger partial charge in [0.15, 0.2) is 0 Å². The van der Waals surface area contributed by atoms with Gasteiger partial charge < -0.3 is 15.0 Å². The molecule has 2 heterocycles. The molecule has 1 aliphatic heterocycles. The van der Waals surface area contributed by atoms with E-state index in [-0.39, 0.29) is 6.10 Å². The summed E-state index contributed by atoms with van der Waals surface area (Å²) in [6.45, 7) is 4.99. The molecule has 0 bridgehead atoms. The van der Waals surface area contributed by atoms with Crippen molar-refractivity contribution in [1.82, 2.24) is 9.97 Å². The average Bonchev–Trinajstić information content (AvgIpc) is 2.75. The lowest BCUT2D eigenvalue weighted by atomic mass is 10.1. The minimum Gasteiger partial charge on any atom is -0.376 e. The van der Waals surface area contributed by atoms with E-state index in [2.05, 4.69) is 34.2 Å². The molecule has 0 aliphatic carbocycles. The van der Waals surface area contributed by atoms with Crippen molar-refractivity contribution in [2.75, 3.05) is 30.9 Å². The van der Waals surface area contributed by atoms with Crippen LogP contribution in [0.1, 0.15) is 18.9 Å². The van der Waals surface area contributed by atoms with Crippen LogP contribution in [0, 0.1) is 6.92 Å². The van der Waals surface area contributed by atoms with E-state index >= 15 is 0 Å². The van der Waals surface area contributed by atoms with Gasteiger partial charge in [0.05, 0.1) is 12.1 Å². The molecule has 0 spiro atoms. The van der Waals surface area contributed by atoms with Gasteiger partial charge in [-0.1, -0.05) is 0 Å². The molecule has 2 atom stereocenters. The van der Waals surface area contributed by atoms with Crippen molar-refractivity contribution in [3.05, 3.63) is 11.9 Å². The van der Waals surface area contributed by atoms with Crippen LogP contribution >= 0.6 is 0 Å². The normalized spacial score (nSPS) is 23.8. The van der Waals surface area contributed by atoms with Crippen molar-refractivity contribution in [3.63, 3.8) is 0 Å². The molecule has 17 heavy (non-hydrogen) atoms. The number of ether oxygens (including phenoxy) is 1. The Morgan fingerprint density at radius 1 is 1.47 bits per heavy atom. The van der Waals surface area contributed by atoms with E-state index < -0.39 is 0 Å². The van der Waals surface area contributed by atoms with Crippen LogP contribution in [-0.2, 0) is 4.74 Å². The Kier molecular flexibility index (Phi) is 3.47. The molecule has 1 aromatic rings. The number of anilines is 2. The maximum absolute atomic E-state index is 5.60. The maximum atomic E-state index is 5.60. The number of hydrogen-bond acceptors (Lipinski definition) is 5. The maximum Gasteiger partial charge on any atom is 0.137 e. The molecule has 1 fully saturated rings. The van der Waals surface area contributed by atoms with E-state index in [4.69, 9.17) is 4.74 Å². The van der Waals surface area contributed by atoms with Gasteiger partial charge in [0.2, 0.25) is 0 Å². The Morgan fingerprint density at radius 2 is 2.24 bits per heavy atom. The number of rotatable bonds is 3. The van der Waals surface area contributed by atoms with Gasteiger partial charge in [0.25, 0.3) is 0 Å². The molecule has 2 unspecified atom stereocenters. The summed E-state index contributed by atoms with van der Waals surface area (Å²) < 4.78 is 5.60. The molecular formula is C12H20N4O. The van der Waals surface area contributed by atoms with Gasteiger partial charge in [0, 0.05) is 26.3 Å². The van der Waals surface area contributed by atoms with Crippen LogP contribution in [0.2, 0.25) is 0 Å². The molecule has 0 saturated carbocycles. The third-order valence-corrected chi connectivity index (χ3v) is 3.46. The van der Waals surface area contributed by atoms with E-state index in [1.165, 1.54) is 0 Å². The highest BCUT2D eigenvalue weighted by molar-refractivity contribution is 5.57. The SMILES string of the molecule is CNc1ncnc(N(C)C2CCOC2C)c1C. The second kappa shape index (κ2) is 4.87. The molecule has 0 radical (unpaired) electrons. The Hall–Kier alpha value is -1.36. The van der Waals surface area contributed by atoms with Crippen LogP contribution in [0.3, 0.4) is 0 Å². The Labute approximate surface area is 102 Å². The molecule has 94 valence electrons. The predicted octanol–water partition coefficient (Wildman–Crippen LogP) is 1.44. The fourth-order valence-electron chi connectivity index (χ4n) is 2.43. The zero-order valence-electron chi connectivity index (χ0n) is 10.9. The third-order valence-electron chi connectivity index (χ3n) is 3.46. The fraction of sp³-hybridized carbons (Fsp3) is 0.667. The highest BCUT2D eigenvalue weighted by Crippen LogP contribution is 2.27. The van der Waals surface area contributed by atoms with E-state index in [1.54, 1.807) is 6.33 Å². The fourth-order valence-corrected chi connectivity index (χ4v) is 2.43. The predicted molar refractivity (Wildman–Crippen MR) is 68.5 cm³/mol. The lowest BCUT2D eigenvalue weighted by molar-refractivity contribution is 0.118. The minimum atomic E-state index is 0.257. The molecule has 1 aliphatic rings. The summed E-state index contributed by atoms with van der Waals surface area (Å²) in [5.41, 5.74) is 1.08. The lowest BCUT2D eigenvalue weighted by Crippen LogP contribution is -2.37. The number of hydrogen-bond donors (Lipinski definition) is 1. The molecular weight excluding hydrogens is 216 g/mol. The molecule has 1 saturated heterocycles. The summed E-state index contributed by atoms with van der Waals surface area (Å²) >= 11 is 0. The largest absolute Gasteiger partial charge is 0.376 e. The molecule has 1 aromatic heterocycles. The summed E-state index contributed by atoms with van der Waals surface area (Å²) in [7, 11) is 3.95. The molecule has 1 N–H and O–H groups in total. The first-order valence-corrected chi connectivity index (χ1v) is 5.99. The van der Waals surface area contributed by atoms with Crippen LogP contribution in [0.25, 0.3) is 0 Å². The second-order valence-electron chi connectivity index (χ2n) is 4.46. The van der Waals surface area contributed by atoms with Crippen molar-refractivity contribution < 1.29 is 4.74 Å². The quantitative estimate of drug-likeness (QED) is 0.860. The second-order valence-corrected chi connectivity index (χ2v) is 4.46. The molecule has 5 nitrogen and oxygen atoms in total. The van der Waals surface area contributed by atoms with Crippen molar-refractivity contribution in [2.45, 2.75) is 32.4 Å². The van der Waals surface area contributed by atoms with Crippen LogP contribution in [0.15, 0.2) is 6.33 Å². The first kappa shape index (κ1) is 12.1. The van der Waals surface area contributed by atoms with Crippen molar-refractivity contribution >= 4 is 11.6 Å². The molecule has 0 amide bonds. The number of nitrogens with zero attached hydrogens (tertiary/aromatic N) is 3. The molecule has 2 rings (SSSR count). The van der Waals surface area contributed by atoms with Crippen LogP contribution in [-0.4, -0.2) is 42.8 Å². The Balaban J connectivity index is 2.27.